The van der Waals surface area contributed by atoms with Crippen molar-refractivity contribution in [1.82, 2.24) is 4.57 Å². The molecule has 8 nitrogen and oxygen atoms in total. The van der Waals surface area contributed by atoms with Crippen LogP contribution in [0, 0.1) is 0 Å². The minimum atomic E-state index is -3.53. The Morgan fingerprint density at radius 2 is 1.92 bits per heavy atom. The van der Waals surface area contributed by atoms with Crippen LogP contribution in [-0.4, -0.2) is 45.0 Å². The molecule has 0 unspecified atom stereocenters. The van der Waals surface area contributed by atoms with Gasteiger partial charge in [0.1, 0.15) is 24.5 Å². The van der Waals surface area contributed by atoms with Gasteiger partial charge in [-0.15, -0.1) is 0 Å². The maximum absolute atomic E-state index is 12.7. The molecule has 0 aliphatic carbocycles. The van der Waals surface area contributed by atoms with Crippen LogP contribution in [0.1, 0.15) is 24.2 Å². The molecule has 9 heteroatoms. The summed E-state index contributed by atoms with van der Waals surface area (Å²) in [7, 11) is -3.53. The number of hydrogen-bond donors (Lipinski definition) is 0. The molecule has 0 bridgehead atoms. The molecular weight excluding hydrogens is 362 g/mol. The highest BCUT2D eigenvalue weighted by atomic mass is 32.2. The molecule has 0 radical (unpaired) electrons. The number of benzene rings is 1. The smallest absolute Gasteiger partial charge is 0.343 e. The average molecular weight is 383 g/mol. The number of rotatable bonds is 8. The summed E-state index contributed by atoms with van der Waals surface area (Å²) >= 11 is 0. The Hall–Kier alpha value is -2.39. The zero-order valence-corrected chi connectivity index (χ0v) is 15.7. The van der Waals surface area contributed by atoms with E-state index in [1.165, 1.54) is 12.3 Å². The van der Waals surface area contributed by atoms with Gasteiger partial charge in [0.05, 0.1) is 23.8 Å². The summed E-state index contributed by atoms with van der Waals surface area (Å²) < 4.78 is 38.6. The van der Waals surface area contributed by atoms with Gasteiger partial charge < -0.3 is 14.0 Å². The lowest BCUT2D eigenvalue weighted by atomic mass is 10.1. The summed E-state index contributed by atoms with van der Waals surface area (Å²) in [6, 6.07) is 4.90. The van der Waals surface area contributed by atoms with Crippen molar-refractivity contribution >= 4 is 27.0 Å². The summed E-state index contributed by atoms with van der Waals surface area (Å²) in [5.41, 5.74) is 0.171. The fourth-order valence-electron chi connectivity index (χ4n) is 2.43. The van der Waals surface area contributed by atoms with Crippen LogP contribution in [0.3, 0.4) is 0 Å². The van der Waals surface area contributed by atoms with Gasteiger partial charge in [-0.2, -0.15) is 8.42 Å². The number of fused-ring (bicyclic) bond motifs is 1. The van der Waals surface area contributed by atoms with Gasteiger partial charge in [0.2, 0.25) is 5.43 Å². The van der Waals surface area contributed by atoms with Gasteiger partial charge in [-0.3, -0.25) is 8.98 Å². The molecule has 0 spiro atoms. The van der Waals surface area contributed by atoms with E-state index in [0.29, 0.717) is 23.2 Å². The van der Waals surface area contributed by atoms with Crippen molar-refractivity contribution in [3.05, 3.63) is 40.2 Å². The number of carbonyl (C=O) groups is 1. The van der Waals surface area contributed by atoms with Crippen molar-refractivity contribution in [3.8, 4) is 5.75 Å². The van der Waals surface area contributed by atoms with Crippen molar-refractivity contribution < 1.29 is 26.9 Å². The number of ether oxygens (including phenoxy) is 2. The van der Waals surface area contributed by atoms with Crippen molar-refractivity contribution in [1.29, 1.82) is 0 Å². The van der Waals surface area contributed by atoms with Gasteiger partial charge in [-0.05, 0) is 32.0 Å². The number of aryl methyl sites for hydroxylation is 1. The van der Waals surface area contributed by atoms with Gasteiger partial charge in [0, 0.05) is 12.7 Å². The first-order chi connectivity index (χ1) is 12.3. The second-order valence-corrected chi connectivity index (χ2v) is 7.08. The van der Waals surface area contributed by atoms with Crippen molar-refractivity contribution in [2.45, 2.75) is 20.4 Å². The van der Waals surface area contributed by atoms with Gasteiger partial charge >= 0.3 is 5.97 Å². The fraction of sp³-hybridized carbons (Fsp3) is 0.412. The SMILES string of the molecule is CCOC(=O)c1cn(CC)c2ccc(OCCOS(C)(=O)=O)cc2c1=O. The summed E-state index contributed by atoms with van der Waals surface area (Å²) in [5, 5.41) is 0.318. The molecule has 0 saturated heterocycles. The molecule has 2 rings (SSSR count). The van der Waals surface area contributed by atoms with Crippen molar-refractivity contribution in [2.24, 2.45) is 0 Å². The second kappa shape index (κ2) is 8.33. The van der Waals surface area contributed by atoms with E-state index in [9.17, 15) is 18.0 Å². The highest BCUT2D eigenvalue weighted by Crippen LogP contribution is 2.20. The van der Waals surface area contributed by atoms with Crippen LogP contribution in [0.25, 0.3) is 10.9 Å². The molecule has 0 fully saturated rings. The summed E-state index contributed by atoms with van der Waals surface area (Å²) in [6.45, 7) is 4.15. The quantitative estimate of drug-likeness (QED) is 0.387. The molecule has 0 saturated carbocycles. The first kappa shape index (κ1) is 19.9. The van der Waals surface area contributed by atoms with Gasteiger partial charge in [-0.1, -0.05) is 0 Å². The Labute approximate surface area is 151 Å². The number of carbonyl (C=O) groups excluding carboxylic acids is 1. The number of esters is 1. The maximum Gasteiger partial charge on any atom is 0.343 e. The van der Waals surface area contributed by atoms with Crippen LogP contribution >= 0.6 is 0 Å². The van der Waals surface area contributed by atoms with Gasteiger partial charge in [-0.25, -0.2) is 4.79 Å². The topological polar surface area (TPSA) is 101 Å². The Bertz CT molecular complexity index is 963. The fourth-order valence-corrected chi connectivity index (χ4v) is 2.80. The molecule has 2 aromatic rings. The van der Waals surface area contributed by atoms with E-state index in [0.717, 1.165) is 6.26 Å². The maximum atomic E-state index is 12.7. The van der Waals surface area contributed by atoms with Crippen LogP contribution in [0.5, 0.6) is 5.75 Å². The molecule has 1 heterocycles. The average Bonchev–Trinajstić information content (AvgIpc) is 2.58. The lowest BCUT2D eigenvalue weighted by Crippen LogP contribution is -2.21. The van der Waals surface area contributed by atoms with Crippen molar-refractivity contribution in [3.63, 3.8) is 0 Å². The largest absolute Gasteiger partial charge is 0.491 e. The Kier molecular flexibility index (Phi) is 6.38. The normalized spacial score (nSPS) is 11.5. The number of nitrogens with zero attached hydrogens (tertiary/aromatic N) is 1. The first-order valence-electron chi connectivity index (χ1n) is 8.08. The highest BCUT2D eigenvalue weighted by Gasteiger charge is 2.16. The third kappa shape index (κ3) is 4.83. The predicted molar refractivity (Wildman–Crippen MR) is 96.1 cm³/mol. The minimum Gasteiger partial charge on any atom is -0.491 e. The second-order valence-electron chi connectivity index (χ2n) is 5.43. The van der Waals surface area contributed by atoms with Gasteiger partial charge in [0.15, 0.2) is 0 Å². The van der Waals surface area contributed by atoms with Crippen molar-refractivity contribution in [2.75, 3.05) is 26.1 Å². The number of hydrogen-bond acceptors (Lipinski definition) is 7. The Balaban J connectivity index is 2.35. The molecule has 26 heavy (non-hydrogen) atoms. The monoisotopic (exact) mass is 383 g/mol. The molecule has 0 atom stereocenters. The highest BCUT2D eigenvalue weighted by molar-refractivity contribution is 7.85. The Morgan fingerprint density at radius 1 is 1.19 bits per heavy atom. The lowest BCUT2D eigenvalue weighted by Gasteiger charge is -2.13. The lowest BCUT2D eigenvalue weighted by molar-refractivity contribution is 0.0524. The van der Waals surface area contributed by atoms with Crippen LogP contribution in [0.15, 0.2) is 29.2 Å². The van der Waals surface area contributed by atoms with Crippen LogP contribution in [0.4, 0.5) is 0 Å². The molecule has 0 aliphatic rings. The molecule has 0 N–H and O–H groups in total. The molecule has 142 valence electrons. The molecule has 1 aromatic heterocycles. The summed E-state index contributed by atoms with van der Waals surface area (Å²) in [4.78, 5) is 24.7. The molecule has 1 aromatic carbocycles. The van der Waals surface area contributed by atoms with E-state index in [-0.39, 0.29) is 25.4 Å². The van der Waals surface area contributed by atoms with E-state index >= 15 is 0 Å². The molecule has 0 aliphatic heterocycles. The standard InChI is InChI=1S/C17H21NO7S/c1-4-18-11-14(17(20)23-5-2)16(19)13-10-12(6-7-15(13)18)24-8-9-25-26(3,21)22/h6-7,10-11H,4-5,8-9H2,1-3H3. The zero-order valence-electron chi connectivity index (χ0n) is 14.9. The summed E-state index contributed by atoms with van der Waals surface area (Å²) in [6.07, 6.45) is 2.44. The minimum absolute atomic E-state index is 0.00187. The third-order valence-electron chi connectivity index (χ3n) is 3.54. The van der Waals surface area contributed by atoms with Crippen LogP contribution < -0.4 is 10.2 Å². The van der Waals surface area contributed by atoms with Gasteiger partial charge in [0.25, 0.3) is 10.1 Å². The first-order valence-corrected chi connectivity index (χ1v) is 9.90. The van der Waals surface area contributed by atoms with E-state index in [2.05, 4.69) is 4.18 Å². The third-order valence-corrected chi connectivity index (χ3v) is 4.13. The van der Waals surface area contributed by atoms with E-state index < -0.39 is 21.5 Å². The predicted octanol–water partition coefficient (Wildman–Crippen LogP) is 1.55. The zero-order chi connectivity index (χ0) is 19.3. The molecular formula is C17H21NO7S. The van der Waals surface area contributed by atoms with Crippen LogP contribution in [0.2, 0.25) is 0 Å². The number of pyridine rings is 1. The van der Waals surface area contributed by atoms with Crippen LogP contribution in [-0.2, 0) is 25.6 Å². The van der Waals surface area contributed by atoms with E-state index in [1.54, 1.807) is 23.6 Å². The van der Waals surface area contributed by atoms with E-state index in [4.69, 9.17) is 9.47 Å². The number of aromatic nitrogens is 1. The van der Waals surface area contributed by atoms with E-state index in [1.807, 2.05) is 6.92 Å². The summed E-state index contributed by atoms with van der Waals surface area (Å²) in [5.74, 6) is -0.301. The molecule has 0 amide bonds. The Morgan fingerprint density at radius 3 is 2.54 bits per heavy atom.